The van der Waals surface area contributed by atoms with Crippen LogP contribution in [0.4, 0.5) is 5.69 Å². The van der Waals surface area contributed by atoms with Crippen molar-refractivity contribution in [3.05, 3.63) is 48.0 Å². The third kappa shape index (κ3) is 4.91. The minimum absolute atomic E-state index is 0.0473. The number of anilines is 1. The zero-order valence-electron chi connectivity index (χ0n) is 15.3. The van der Waals surface area contributed by atoms with Gasteiger partial charge < -0.3 is 19.5 Å². The zero-order chi connectivity index (χ0) is 18.4. The molecule has 0 aromatic heterocycles. The molecule has 0 aliphatic heterocycles. The maximum atomic E-state index is 12.2. The molecule has 1 aliphatic rings. The molecular formula is C21H25NO4. The Labute approximate surface area is 154 Å². The number of methoxy groups -OCH3 is 1. The zero-order valence-corrected chi connectivity index (χ0v) is 15.3. The number of carbonyl (C=O) groups excluding carboxylic acids is 1. The SMILES string of the molecule is COc1ccc(NC(=O)COc2cccc(C)c2)cc1OC1CCCC1. The summed E-state index contributed by atoms with van der Waals surface area (Å²) >= 11 is 0. The quantitative estimate of drug-likeness (QED) is 0.802. The van der Waals surface area contributed by atoms with Gasteiger partial charge in [0.25, 0.3) is 5.91 Å². The largest absolute Gasteiger partial charge is 0.493 e. The van der Waals surface area contributed by atoms with Gasteiger partial charge in [0, 0.05) is 11.8 Å². The van der Waals surface area contributed by atoms with Crippen LogP contribution in [-0.4, -0.2) is 25.7 Å². The summed E-state index contributed by atoms with van der Waals surface area (Å²) in [4.78, 5) is 12.2. The van der Waals surface area contributed by atoms with E-state index in [-0.39, 0.29) is 18.6 Å². The first-order valence-corrected chi connectivity index (χ1v) is 8.98. The van der Waals surface area contributed by atoms with Crippen LogP contribution >= 0.6 is 0 Å². The predicted molar refractivity (Wildman–Crippen MR) is 101 cm³/mol. The molecule has 5 heteroatoms. The fraction of sp³-hybridized carbons (Fsp3) is 0.381. The maximum absolute atomic E-state index is 12.2. The smallest absolute Gasteiger partial charge is 0.262 e. The number of benzene rings is 2. The molecule has 0 spiro atoms. The summed E-state index contributed by atoms with van der Waals surface area (Å²) in [7, 11) is 1.62. The van der Waals surface area contributed by atoms with Gasteiger partial charge in [-0.05, 0) is 62.4 Å². The van der Waals surface area contributed by atoms with Crippen molar-refractivity contribution in [3.63, 3.8) is 0 Å². The summed E-state index contributed by atoms with van der Waals surface area (Å²) in [6.45, 7) is 1.93. The predicted octanol–water partition coefficient (Wildman–Crippen LogP) is 4.34. The fourth-order valence-corrected chi connectivity index (χ4v) is 3.08. The Morgan fingerprint density at radius 3 is 2.65 bits per heavy atom. The first-order chi connectivity index (χ1) is 12.6. The number of nitrogens with one attached hydrogen (secondary N) is 1. The minimum atomic E-state index is -0.219. The Balaban J connectivity index is 1.60. The number of ether oxygens (including phenoxy) is 3. The second kappa shape index (κ2) is 8.61. The molecule has 2 aromatic carbocycles. The van der Waals surface area contributed by atoms with Gasteiger partial charge in [-0.15, -0.1) is 0 Å². The van der Waals surface area contributed by atoms with E-state index in [1.807, 2.05) is 37.3 Å². The second-order valence-corrected chi connectivity index (χ2v) is 6.54. The molecule has 5 nitrogen and oxygen atoms in total. The minimum Gasteiger partial charge on any atom is -0.493 e. The van der Waals surface area contributed by atoms with E-state index in [2.05, 4.69) is 5.32 Å². The number of aryl methyl sites for hydroxylation is 1. The Morgan fingerprint density at radius 1 is 1.12 bits per heavy atom. The van der Waals surface area contributed by atoms with Gasteiger partial charge in [0.2, 0.25) is 0 Å². The normalized spacial score (nSPS) is 14.1. The number of hydrogen-bond acceptors (Lipinski definition) is 4. The molecular weight excluding hydrogens is 330 g/mol. The van der Waals surface area contributed by atoms with Gasteiger partial charge in [0.15, 0.2) is 18.1 Å². The summed E-state index contributed by atoms with van der Waals surface area (Å²) in [5, 5.41) is 2.84. The van der Waals surface area contributed by atoms with Gasteiger partial charge >= 0.3 is 0 Å². The molecule has 0 atom stereocenters. The molecule has 1 aliphatic carbocycles. The fourth-order valence-electron chi connectivity index (χ4n) is 3.08. The highest BCUT2D eigenvalue weighted by Gasteiger charge is 2.19. The lowest BCUT2D eigenvalue weighted by molar-refractivity contribution is -0.118. The lowest BCUT2D eigenvalue weighted by atomic mass is 10.2. The molecule has 0 heterocycles. The van der Waals surface area contributed by atoms with Crippen LogP contribution in [0.2, 0.25) is 0 Å². The van der Waals surface area contributed by atoms with Crippen molar-refractivity contribution in [2.45, 2.75) is 38.7 Å². The van der Waals surface area contributed by atoms with Crippen molar-refractivity contribution < 1.29 is 19.0 Å². The van der Waals surface area contributed by atoms with Crippen molar-refractivity contribution in [1.29, 1.82) is 0 Å². The van der Waals surface area contributed by atoms with Crippen LogP contribution in [0.5, 0.6) is 17.2 Å². The highest BCUT2D eigenvalue weighted by molar-refractivity contribution is 5.92. The van der Waals surface area contributed by atoms with E-state index in [9.17, 15) is 4.79 Å². The van der Waals surface area contributed by atoms with Crippen molar-refractivity contribution in [2.24, 2.45) is 0 Å². The van der Waals surface area contributed by atoms with Gasteiger partial charge in [-0.2, -0.15) is 0 Å². The molecule has 2 aromatic rings. The topological polar surface area (TPSA) is 56.8 Å². The van der Waals surface area contributed by atoms with Gasteiger partial charge in [-0.3, -0.25) is 4.79 Å². The van der Waals surface area contributed by atoms with Crippen molar-refractivity contribution in [2.75, 3.05) is 19.0 Å². The van der Waals surface area contributed by atoms with E-state index >= 15 is 0 Å². The van der Waals surface area contributed by atoms with Gasteiger partial charge in [-0.1, -0.05) is 12.1 Å². The van der Waals surface area contributed by atoms with Crippen LogP contribution in [0.1, 0.15) is 31.2 Å². The first kappa shape index (κ1) is 18.1. The molecule has 1 fully saturated rings. The highest BCUT2D eigenvalue weighted by atomic mass is 16.5. The molecule has 1 saturated carbocycles. The number of hydrogen-bond donors (Lipinski definition) is 1. The summed E-state index contributed by atoms with van der Waals surface area (Å²) in [6, 6.07) is 13.0. The lowest BCUT2D eigenvalue weighted by Gasteiger charge is -2.17. The van der Waals surface area contributed by atoms with E-state index < -0.39 is 0 Å². The lowest BCUT2D eigenvalue weighted by Crippen LogP contribution is -2.20. The molecule has 26 heavy (non-hydrogen) atoms. The van der Waals surface area contributed by atoms with E-state index in [1.54, 1.807) is 19.2 Å². The monoisotopic (exact) mass is 355 g/mol. The average Bonchev–Trinajstić information content (AvgIpc) is 3.13. The molecule has 0 radical (unpaired) electrons. The number of rotatable bonds is 7. The summed E-state index contributed by atoms with van der Waals surface area (Å²) < 4.78 is 17.0. The number of amides is 1. The third-order valence-electron chi connectivity index (χ3n) is 4.40. The molecule has 1 N–H and O–H groups in total. The Bertz CT molecular complexity index is 753. The second-order valence-electron chi connectivity index (χ2n) is 6.54. The molecule has 0 saturated heterocycles. The summed E-state index contributed by atoms with van der Waals surface area (Å²) in [5.74, 6) is 1.80. The van der Waals surface area contributed by atoms with Crippen LogP contribution in [0.15, 0.2) is 42.5 Å². The summed E-state index contributed by atoms with van der Waals surface area (Å²) in [6.07, 6.45) is 4.73. The van der Waals surface area contributed by atoms with Crippen LogP contribution in [0, 0.1) is 6.92 Å². The van der Waals surface area contributed by atoms with Crippen LogP contribution in [0.25, 0.3) is 0 Å². The van der Waals surface area contributed by atoms with E-state index in [0.717, 1.165) is 18.4 Å². The molecule has 3 rings (SSSR count). The Kier molecular flexibility index (Phi) is 6.00. The average molecular weight is 355 g/mol. The number of carbonyl (C=O) groups is 1. The van der Waals surface area contributed by atoms with Crippen molar-refractivity contribution in [1.82, 2.24) is 0 Å². The van der Waals surface area contributed by atoms with Gasteiger partial charge in [-0.25, -0.2) is 0 Å². The van der Waals surface area contributed by atoms with Gasteiger partial charge in [0.1, 0.15) is 5.75 Å². The molecule has 0 bridgehead atoms. The molecule has 0 unspecified atom stereocenters. The molecule has 1 amide bonds. The highest BCUT2D eigenvalue weighted by Crippen LogP contribution is 2.33. The third-order valence-corrected chi connectivity index (χ3v) is 4.40. The Morgan fingerprint density at radius 2 is 1.92 bits per heavy atom. The maximum Gasteiger partial charge on any atom is 0.262 e. The van der Waals surface area contributed by atoms with Gasteiger partial charge in [0.05, 0.1) is 13.2 Å². The standard InChI is InChI=1S/C21H25NO4/c1-15-6-5-9-18(12-15)25-14-21(23)22-16-10-11-19(24-2)20(13-16)26-17-7-3-4-8-17/h5-6,9-13,17H,3-4,7-8,14H2,1-2H3,(H,22,23). The summed E-state index contributed by atoms with van der Waals surface area (Å²) in [5.41, 5.74) is 1.75. The van der Waals surface area contributed by atoms with Crippen LogP contribution < -0.4 is 19.5 Å². The Hall–Kier alpha value is -2.69. The van der Waals surface area contributed by atoms with Crippen molar-refractivity contribution in [3.8, 4) is 17.2 Å². The van der Waals surface area contributed by atoms with E-state index in [4.69, 9.17) is 14.2 Å². The van der Waals surface area contributed by atoms with Crippen LogP contribution in [-0.2, 0) is 4.79 Å². The molecule has 138 valence electrons. The van der Waals surface area contributed by atoms with Crippen LogP contribution in [0.3, 0.4) is 0 Å². The van der Waals surface area contributed by atoms with Crippen molar-refractivity contribution >= 4 is 11.6 Å². The van der Waals surface area contributed by atoms with E-state index in [1.165, 1.54) is 12.8 Å². The first-order valence-electron chi connectivity index (χ1n) is 8.98. The van der Waals surface area contributed by atoms with E-state index in [0.29, 0.717) is 22.9 Å².